The number of amides is 1. The molecule has 0 aliphatic carbocycles. The summed E-state index contributed by atoms with van der Waals surface area (Å²) in [5.74, 6) is -2.86. The van der Waals surface area contributed by atoms with Crippen LogP contribution in [0, 0.1) is 0 Å². The Bertz CT molecular complexity index is 354. The van der Waals surface area contributed by atoms with Gasteiger partial charge >= 0.3 is 0 Å². The molecule has 0 aromatic carbocycles. The third kappa shape index (κ3) is 2.88. The minimum absolute atomic E-state index is 0.572. The molecule has 7 nitrogen and oxygen atoms in total. The van der Waals surface area contributed by atoms with Crippen molar-refractivity contribution in [3.05, 3.63) is 12.7 Å². The van der Waals surface area contributed by atoms with Gasteiger partial charge < -0.3 is 30.5 Å². The highest BCUT2D eigenvalue weighted by atomic mass is 16.6. The summed E-state index contributed by atoms with van der Waals surface area (Å²) in [5, 5.41) is 41.3. The maximum absolute atomic E-state index is 11.1. The predicted molar refractivity (Wildman–Crippen MR) is 61.3 cm³/mol. The number of aliphatic hydroxyl groups excluding tert-OH is 3. The molecule has 1 aliphatic heterocycles. The second-order valence-electron chi connectivity index (χ2n) is 4.15. The highest BCUT2D eigenvalue weighted by Crippen LogP contribution is 2.30. The van der Waals surface area contributed by atoms with Gasteiger partial charge in [-0.15, -0.1) is 6.58 Å². The lowest BCUT2D eigenvalue weighted by molar-refractivity contribution is -0.316. The van der Waals surface area contributed by atoms with Crippen LogP contribution in [0.25, 0.3) is 0 Å². The molecule has 0 spiro atoms. The molecular formula is C11H19NO6. The summed E-state index contributed by atoms with van der Waals surface area (Å²) in [7, 11) is 0. The number of aliphatic hydroxyl groups is 4. The Morgan fingerprint density at radius 3 is 2.67 bits per heavy atom. The molecule has 1 amide bonds. The Morgan fingerprint density at radius 2 is 2.22 bits per heavy atom. The van der Waals surface area contributed by atoms with E-state index < -0.39 is 49.1 Å². The summed E-state index contributed by atoms with van der Waals surface area (Å²) >= 11 is 0. The third-order valence-electron chi connectivity index (χ3n) is 2.75. The van der Waals surface area contributed by atoms with Crippen molar-refractivity contribution in [3.8, 4) is 0 Å². The van der Waals surface area contributed by atoms with E-state index in [1.165, 1.54) is 0 Å². The molecule has 5 N–H and O–H groups in total. The molecule has 104 valence electrons. The Hall–Kier alpha value is -0.990. The van der Waals surface area contributed by atoms with E-state index in [9.17, 15) is 20.1 Å². The summed E-state index contributed by atoms with van der Waals surface area (Å²) in [6, 6.07) is -1.41. The summed E-state index contributed by atoms with van der Waals surface area (Å²) < 4.78 is 12.8. The first-order valence-corrected chi connectivity index (χ1v) is 5.47. The molecule has 1 rings (SSSR count). The van der Waals surface area contributed by atoms with Crippen LogP contribution in [0.1, 0.15) is 14.7 Å². The Kier molecular flexibility index (Phi) is 4.31. The SMILES string of the molecule is [2H]C(C=C)C1(O)O[C@H](CO)[C@@H](O)[C@H](O)[C@H]1NC(C)=O. The summed E-state index contributed by atoms with van der Waals surface area (Å²) in [4.78, 5) is 11.1. The molecular weight excluding hydrogens is 242 g/mol. The van der Waals surface area contributed by atoms with E-state index in [1.807, 2.05) is 0 Å². The van der Waals surface area contributed by atoms with Crippen LogP contribution in [-0.4, -0.2) is 63.1 Å². The van der Waals surface area contributed by atoms with Gasteiger partial charge in [-0.05, 0) is 0 Å². The van der Waals surface area contributed by atoms with Gasteiger partial charge in [0.1, 0.15) is 24.4 Å². The van der Waals surface area contributed by atoms with Crippen LogP contribution >= 0.6 is 0 Å². The molecule has 18 heavy (non-hydrogen) atoms. The average molecular weight is 262 g/mol. The fraction of sp³-hybridized carbons (Fsp3) is 0.727. The number of hydrogen-bond donors (Lipinski definition) is 5. The zero-order valence-electron chi connectivity index (χ0n) is 11.0. The second-order valence-corrected chi connectivity index (χ2v) is 4.15. The van der Waals surface area contributed by atoms with Gasteiger partial charge in [0.05, 0.1) is 6.61 Å². The van der Waals surface area contributed by atoms with Crippen LogP contribution in [-0.2, 0) is 9.53 Å². The number of ether oxygens (including phenoxy) is 1. The summed E-state index contributed by atoms with van der Waals surface area (Å²) in [5.41, 5.74) is 0. The van der Waals surface area contributed by atoms with Crippen molar-refractivity contribution in [1.29, 1.82) is 0 Å². The van der Waals surface area contributed by atoms with Gasteiger partial charge in [0, 0.05) is 14.7 Å². The van der Waals surface area contributed by atoms with Gasteiger partial charge in [-0.1, -0.05) is 6.08 Å². The van der Waals surface area contributed by atoms with Crippen LogP contribution in [0.3, 0.4) is 0 Å². The number of carbonyl (C=O) groups is 1. The van der Waals surface area contributed by atoms with E-state index in [-0.39, 0.29) is 0 Å². The number of rotatable bonds is 4. The number of nitrogens with one attached hydrogen (secondary N) is 1. The van der Waals surface area contributed by atoms with Crippen LogP contribution in [0.5, 0.6) is 0 Å². The minimum atomic E-state index is -2.29. The quantitative estimate of drug-likeness (QED) is 0.369. The van der Waals surface area contributed by atoms with Gasteiger partial charge in [0.2, 0.25) is 5.91 Å². The maximum atomic E-state index is 11.1. The molecule has 0 radical (unpaired) electrons. The molecule has 1 saturated heterocycles. The molecule has 0 bridgehead atoms. The molecule has 0 aromatic heterocycles. The molecule has 1 aliphatic rings. The number of hydrogen-bond acceptors (Lipinski definition) is 6. The zero-order chi connectivity index (χ0) is 14.8. The lowest BCUT2D eigenvalue weighted by atomic mass is 9.88. The van der Waals surface area contributed by atoms with Crippen LogP contribution < -0.4 is 5.32 Å². The normalized spacial score (nSPS) is 42.8. The molecule has 7 heteroatoms. The Labute approximate surface area is 106 Å². The van der Waals surface area contributed by atoms with Gasteiger partial charge in [-0.2, -0.15) is 0 Å². The summed E-state index contributed by atoms with van der Waals surface area (Å²) in [6.45, 7) is 3.84. The molecule has 1 fully saturated rings. The smallest absolute Gasteiger partial charge is 0.217 e. The van der Waals surface area contributed by atoms with Crippen molar-refractivity contribution in [3.63, 3.8) is 0 Å². The van der Waals surface area contributed by atoms with Gasteiger partial charge in [0.15, 0.2) is 5.79 Å². The highest BCUT2D eigenvalue weighted by Gasteiger charge is 2.52. The molecule has 0 saturated carbocycles. The number of carbonyl (C=O) groups excluding carboxylic acids is 1. The van der Waals surface area contributed by atoms with Crippen molar-refractivity contribution in [1.82, 2.24) is 5.32 Å². The predicted octanol–water partition coefficient (Wildman–Crippen LogP) is -2.13. The van der Waals surface area contributed by atoms with Crippen molar-refractivity contribution in [2.24, 2.45) is 0 Å². The first-order chi connectivity index (χ1) is 8.77. The van der Waals surface area contributed by atoms with E-state index in [0.717, 1.165) is 13.0 Å². The third-order valence-corrected chi connectivity index (χ3v) is 2.75. The van der Waals surface area contributed by atoms with Gasteiger partial charge in [-0.3, -0.25) is 4.79 Å². The second kappa shape index (κ2) is 5.77. The zero-order valence-corrected chi connectivity index (χ0v) is 9.98. The van der Waals surface area contributed by atoms with Crippen molar-refractivity contribution in [2.45, 2.75) is 43.5 Å². The van der Waals surface area contributed by atoms with E-state index >= 15 is 0 Å². The van der Waals surface area contributed by atoms with Crippen molar-refractivity contribution in [2.75, 3.05) is 6.61 Å². The highest BCUT2D eigenvalue weighted by molar-refractivity contribution is 5.73. The van der Waals surface area contributed by atoms with Crippen molar-refractivity contribution >= 4 is 5.91 Å². The average Bonchev–Trinajstić information content (AvgIpc) is 2.37. The lowest BCUT2D eigenvalue weighted by Crippen LogP contribution is -2.70. The first-order valence-electron chi connectivity index (χ1n) is 6.04. The van der Waals surface area contributed by atoms with Crippen LogP contribution in [0.2, 0.25) is 0 Å². The Balaban J connectivity index is 3.12. The maximum Gasteiger partial charge on any atom is 0.217 e. The summed E-state index contributed by atoms with van der Waals surface area (Å²) in [6.07, 6.45) is -4.68. The molecule has 1 heterocycles. The van der Waals surface area contributed by atoms with Gasteiger partial charge in [-0.25, -0.2) is 0 Å². The van der Waals surface area contributed by atoms with E-state index in [4.69, 9.17) is 11.2 Å². The fourth-order valence-corrected chi connectivity index (χ4v) is 1.91. The first kappa shape index (κ1) is 13.4. The molecule has 6 atom stereocenters. The molecule has 2 unspecified atom stereocenters. The van der Waals surface area contributed by atoms with Crippen molar-refractivity contribution < 1.29 is 31.3 Å². The monoisotopic (exact) mass is 262 g/mol. The molecule has 0 aromatic rings. The lowest BCUT2D eigenvalue weighted by Gasteiger charge is -2.47. The minimum Gasteiger partial charge on any atom is -0.394 e. The standard InChI is InChI=1S/C11H19NO6/c1-3-4-11(17)10(12-6(2)14)9(16)8(15)7(5-13)18-11/h3,7-10,13,15-17H,1,4-5H2,2H3,(H,12,14)/t7-,8-,9+,10-,11?/m1/s1/i4D/t4?,7-,8-,9+,10-,11?. The fourth-order valence-electron chi connectivity index (χ4n) is 1.91. The van der Waals surface area contributed by atoms with Gasteiger partial charge in [0.25, 0.3) is 0 Å². The van der Waals surface area contributed by atoms with E-state index in [1.54, 1.807) is 0 Å². The van der Waals surface area contributed by atoms with Crippen LogP contribution in [0.4, 0.5) is 0 Å². The van der Waals surface area contributed by atoms with Crippen LogP contribution in [0.15, 0.2) is 12.7 Å². The van der Waals surface area contributed by atoms with E-state index in [2.05, 4.69) is 11.9 Å². The van der Waals surface area contributed by atoms with E-state index in [0.29, 0.717) is 0 Å². The largest absolute Gasteiger partial charge is 0.394 e. The topological polar surface area (TPSA) is 119 Å². The Morgan fingerprint density at radius 1 is 1.61 bits per heavy atom.